The van der Waals surface area contributed by atoms with E-state index in [4.69, 9.17) is 0 Å². The standard InChI is InChI=1S/C21H23N3O2/c1-3-5-8-15-11-13-16(14-12-15)22-20(25)19-17-9-6-7-10-18(17)21(26)24(4-2)23-19/h6-7,9-14H,3-5,8H2,1-2H3,(H,22,25). The van der Waals surface area contributed by atoms with E-state index in [1.807, 2.05) is 31.2 Å². The van der Waals surface area contributed by atoms with Gasteiger partial charge in [-0.25, -0.2) is 4.68 Å². The summed E-state index contributed by atoms with van der Waals surface area (Å²) in [5.41, 5.74) is 2.06. The maximum Gasteiger partial charge on any atom is 0.276 e. The molecule has 1 N–H and O–H groups in total. The van der Waals surface area contributed by atoms with Gasteiger partial charge in [-0.15, -0.1) is 0 Å². The van der Waals surface area contributed by atoms with E-state index in [1.165, 1.54) is 10.2 Å². The molecule has 3 aromatic rings. The Hall–Kier alpha value is -2.95. The lowest BCUT2D eigenvalue weighted by atomic mass is 10.1. The molecule has 134 valence electrons. The summed E-state index contributed by atoms with van der Waals surface area (Å²) in [5, 5.41) is 8.23. The number of amides is 1. The minimum Gasteiger partial charge on any atom is -0.321 e. The van der Waals surface area contributed by atoms with Crippen molar-refractivity contribution in [2.45, 2.75) is 39.7 Å². The first-order chi connectivity index (χ1) is 12.6. The first-order valence-electron chi connectivity index (χ1n) is 9.04. The number of rotatable bonds is 6. The van der Waals surface area contributed by atoms with Gasteiger partial charge in [0.1, 0.15) is 0 Å². The van der Waals surface area contributed by atoms with E-state index in [9.17, 15) is 9.59 Å². The van der Waals surface area contributed by atoms with Crippen LogP contribution in [0.5, 0.6) is 0 Å². The molecule has 0 fully saturated rings. The molecule has 0 unspecified atom stereocenters. The normalized spacial score (nSPS) is 10.8. The molecule has 0 saturated carbocycles. The first kappa shape index (κ1) is 17.9. The summed E-state index contributed by atoms with van der Waals surface area (Å²) >= 11 is 0. The molecule has 0 aliphatic rings. The molecule has 1 amide bonds. The molecule has 0 aliphatic carbocycles. The van der Waals surface area contributed by atoms with Crippen LogP contribution in [0.25, 0.3) is 10.8 Å². The second kappa shape index (κ2) is 7.95. The molecule has 0 atom stereocenters. The number of hydrogen-bond donors (Lipinski definition) is 1. The Morgan fingerprint density at radius 3 is 2.38 bits per heavy atom. The molecule has 2 aromatic carbocycles. The smallest absolute Gasteiger partial charge is 0.276 e. The molecular weight excluding hydrogens is 326 g/mol. The summed E-state index contributed by atoms with van der Waals surface area (Å²) in [6.45, 7) is 4.41. The number of carbonyl (C=O) groups excluding carboxylic acids is 1. The van der Waals surface area contributed by atoms with Crippen molar-refractivity contribution in [3.8, 4) is 0 Å². The Balaban J connectivity index is 1.90. The summed E-state index contributed by atoms with van der Waals surface area (Å²) in [4.78, 5) is 25.2. The Kier molecular flexibility index (Phi) is 5.46. The van der Waals surface area contributed by atoms with Crippen LogP contribution in [-0.2, 0) is 13.0 Å². The van der Waals surface area contributed by atoms with Crippen LogP contribution in [0.1, 0.15) is 42.7 Å². The van der Waals surface area contributed by atoms with Crippen molar-refractivity contribution in [3.63, 3.8) is 0 Å². The summed E-state index contributed by atoms with van der Waals surface area (Å²) < 4.78 is 1.32. The minimum atomic E-state index is -0.315. The highest BCUT2D eigenvalue weighted by Gasteiger charge is 2.16. The maximum absolute atomic E-state index is 12.8. The zero-order valence-electron chi connectivity index (χ0n) is 15.2. The highest BCUT2D eigenvalue weighted by molar-refractivity contribution is 6.11. The van der Waals surface area contributed by atoms with E-state index in [0.717, 1.165) is 24.9 Å². The highest BCUT2D eigenvalue weighted by atomic mass is 16.2. The number of anilines is 1. The lowest BCUT2D eigenvalue weighted by Gasteiger charge is -2.10. The second-order valence-electron chi connectivity index (χ2n) is 6.27. The number of nitrogens with zero attached hydrogens (tertiary/aromatic N) is 2. The van der Waals surface area contributed by atoms with Gasteiger partial charge in [0, 0.05) is 17.6 Å². The monoisotopic (exact) mass is 349 g/mol. The average molecular weight is 349 g/mol. The van der Waals surface area contributed by atoms with Gasteiger partial charge < -0.3 is 5.32 Å². The summed E-state index contributed by atoms with van der Waals surface area (Å²) in [6, 6.07) is 15.0. The molecule has 0 bridgehead atoms. The molecule has 0 spiro atoms. The number of nitrogens with one attached hydrogen (secondary N) is 1. The van der Waals surface area contributed by atoms with Crippen molar-refractivity contribution >= 4 is 22.4 Å². The molecule has 1 aromatic heterocycles. The molecule has 26 heavy (non-hydrogen) atoms. The minimum absolute atomic E-state index is 0.181. The number of aromatic nitrogens is 2. The lowest BCUT2D eigenvalue weighted by molar-refractivity contribution is 0.102. The Bertz CT molecular complexity index is 975. The molecule has 0 radical (unpaired) electrons. The fraction of sp³-hybridized carbons (Fsp3) is 0.286. The van der Waals surface area contributed by atoms with Gasteiger partial charge in [0.25, 0.3) is 11.5 Å². The van der Waals surface area contributed by atoms with Crippen LogP contribution in [0.2, 0.25) is 0 Å². The van der Waals surface area contributed by atoms with Crippen molar-refractivity contribution in [1.82, 2.24) is 9.78 Å². The van der Waals surface area contributed by atoms with Crippen molar-refractivity contribution in [2.24, 2.45) is 0 Å². The lowest BCUT2D eigenvalue weighted by Crippen LogP contribution is -2.27. The van der Waals surface area contributed by atoms with Crippen LogP contribution in [0, 0.1) is 0 Å². The Morgan fingerprint density at radius 1 is 1.04 bits per heavy atom. The fourth-order valence-electron chi connectivity index (χ4n) is 2.94. The van der Waals surface area contributed by atoms with E-state index < -0.39 is 0 Å². The Morgan fingerprint density at radius 2 is 1.73 bits per heavy atom. The predicted molar refractivity (Wildman–Crippen MR) is 105 cm³/mol. The maximum atomic E-state index is 12.8. The van der Waals surface area contributed by atoms with Gasteiger partial charge in [-0.3, -0.25) is 9.59 Å². The van der Waals surface area contributed by atoms with E-state index in [0.29, 0.717) is 17.3 Å². The number of aryl methyl sites for hydroxylation is 2. The molecule has 0 aliphatic heterocycles. The zero-order valence-corrected chi connectivity index (χ0v) is 15.2. The zero-order chi connectivity index (χ0) is 18.5. The first-order valence-corrected chi connectivity index (χ1v) is 9.04. The van der Waals surface area contributed by atoms with E-state index in [1.54, 1.807) is 24.3 Å². The van der Waals surface area contributed by atoms with Crippen LogP contribution in [-0.4, -0.2) is 15.7 Å². The van der Waals surface area contributed by atoms with Crippen molar-refractivity contribution in [3.05, 3.63) is 70.1 Å². The van der Waals surface area contributed by atoms with Gasteiger partial charge in [0.05, 0.1) is 5.39 Å². The number of unbranched alkanes of at least 4 members (excludes halogenated alkanes) is 1. The van der Waals surface area contributed by atoms with Crippen LogP contribution in [0.15, 0.2) is 53.3 Å². The van der Waals surface area contributed by atoms with Gasteiger partial charge >= 0.3 is 0 Å². The predicted octanol–water partition coefficient (Wildman–Crippen LogP) is 4.01. The van der Waals surface area contributed by atoms with Gasteiger partial charge in [-0.05, 0) is 43.5 Å². The van der Waals surface area contributed by atoms with Crippen LogP contribution >= 0.6 is 0 Å². The molecule has 5 heteroatoms. The molecule has 0 saturated heterocycles. The SMILES string of the molecule is CCCCc1ccc(NC(=O)c2nn(CC)c(=O)c3ccccc23)cc1. The topological polar surface area (TPSA) is 64.0 Å². The Labute approximate surface area is 152 Å². The largest absolute Gasteiger partial charge is 0.321 e. The van der Waals surface area contributed by atoms with Crippen molar-refractivity contribution in [2.75, 3.05) is 5.32 Å². The van der Waals surface area contributed by atoms with Gasteiger partial charge in [0.2, 0.25) is 0 Å². The third-order valence-electron chi connectivity index (χ3n) is 4.41. The third-order valence-corrected chi connectivity index (χ3v) is 4.41. The molecule has 1 heterocycles. The van der Waals surface area contributed by atoms with E-state index in [-0.39, 0.29) is 17.2 Å². The molecule has 3 rings (SSSR count). The number of carbonyl (C=O) groups is 1. The van der Waals surface area contributed by atoms with Crippen LogP contribution < -0.4 is 10.9 Å². The molecular formula is C21H23N3O2. The van der Waals surface area contributed by atoms with E-state index in [2.05, 4.69) is 17.3 Å². The van der Waals surface area contributed by atoms with E-state index >= 15 is 0 Å². The van der Waals surface area contributed by atoms with Gasteiger partial charge in [-0.2, -0.15) is 5.10 Å². The average Bonchev–Trinajstić information content (AvgIpc) is 2.68. The van der Waals surface area contributed by atoms with Crippen molar-refractivity contribution in [1.29, 1.82) is 0 Å². The second-order valence-corrected chi connectivity index (χ2v) is 6.27. The fourth-order valence-corrected chi connectivity index (χ4v) is 2.94. The van der Waals surface area contributed by atoms with Crippen molar-refractivity contribution < 1.29 is 4.79 Å². The summed E-state index contributed by atoms with van der Waals surface area (Å²) in [5.74, 6) is -0.315. The van der Waals surface area contributed by atoms with Gasteiger partial charge in [-0.1, -0.05) is 43.7 Å². The van der Waals surface area contributed by atoms with Gasteiger partial charge in [0.15, 0.2) is 5.69 Å². The highest BCUT2D eigenvalue weighted by Crippen LogP contribution is 2.17. The third kappa shape index (κ3) is 3.67. The quantitative estimate of drug-likeness (QED) is 0.731. The van der Waals surface area contributed by atoms with Crippen LogP contribution in [0.3, 0.4) is 0 Å². The number of hydrogen-bond acceptors (Lipinski definition) is 3. The number of fused-ring (bicyclic) bond motifs is 1. The summed E-state index contributed by atoms with van der Waals surface area (Å²) in [7, 11) is 0. The number of benzene rings is 2. The molecule has 5 nitrogen and oxygen atoms in total. The summed E-state index contributed by atoms with van der Waals surface area (Å²) in [6.07, 6.45) is 3.35. The van der Waals surface area contributed by atoms with Crippen LogP contribution in [0.4, 0.5) is 5.69 Å².